The molecule has 1 aliphatic carbocycles. The number of benzene rings is 1. The maximum absolute atomic E-state index is 13.3. The van der Waals surface area contributed by atoms with Crippen molar-refractivity contribution in [1.29, 1.82) is 0 Å². The summed E-state index contributed by atoms with van der Waals surface area (Å²) in [6, 6.07) is 5.04. The summed E-state index contributed by atoms with van der Waals surface area (Å²) in [6.07, 6.45) is 3.90. The Balaban J connectivity index is 1.78. The van der Waals surface area contributed by atoms with Gasteiger partial charge in [0.2, 0.25) is 10.0 Å². The topological polar surface area (TPSA) is 58.2 Å². The molecule has 0 amide bonds. The summed E-state index contributed by atoms with van der Waals surface area (Å²) in [6.45, 7) is 2.42. The van der Waals surface area contributed by atoms with E-state index in [1.165, 1.54) is 25.0 Å². The highest BCUT2D eigenvalue weighted by molar-refractivity contribution is 7.92. The molecule has 0 saturated heterocycles. The van der Waals surface area contributed by atoms with Gasteiger partial charge >= 0.3 is 0 Å². The van der Waals surface area contributed by atoms with Crippen LogP contribution < -0.4 is 10.0 Å². The van der Waals surface area contributed by atoms with Crippen LogP contribution >= 0.6 is 0 Å². The Hall–Kier alpha value is -1.14. The third-order valence-corrected chi connectivity index (χ3v) is 4.74. The zero-order chi connectivity index (χ0) is 14.6. The highest BCUT2D eigenvalue weighted by atomic mass is 32.2. The van der Waals surface area contributed by atoms with Crippen LogP contribution in [-0.4, -0.2) is 26.8 Å². The highest BCUT2D eigenvalue weighted by Gasteiger charge is 2.19. The van der Waals surface area contributed by atoms with Crippen molar-refractivity contribution in [3.05, 3.63) is 29.6 Å². The number of unbranched alkanes of at least 4 members (excludes halogenated alkanes) is 1. The van der Waals surface area contributed by atoms with Gasteiger partial charge < -0.3 is 5.32 Å². The van der Waals surface area contributed by atoms with Crippen LogP contribution in [0.2, 0.25) is 0 Å². The molecule has 112 valence electrons. The predicted molar refractivity (Wildman–Crippen MR) is 78.8 cm³/mol. The van der Waals surface area contributed by atoms with E-state index in [1.807, 2.05) is 0 Å². The number of sulfonamides is 1. The third-order valence-electron chi connectivity index (χ3n) is 3.38. The third kappa shape index (κ3) is 4.76. The van der Waals surface area contributed by atoms with Crippen LogP contribution in [0.3, 0.4) is 0 Å². The maximum atomic E-state index is 13.3. The number of anilines is 1. The van der Waals surface area contributed by atoms with Crippen molar-refractivity contribution in [1.82, 2.24) is 5.32 Å². The van der Waals surface area contributed by atoms with Gasteiger partial charge in [-0.2, -0.15) is 0 Å². The van der Waals surface area contributed by atoms with Crippen LogP contribution in [0, 0.1) is 12.7 Å². The lowest BCUT2D eigenvalue weighted by Gasteiger charge is -2.11. The van der Waals surface area contributed by atoms with Crippen LogP contribution in [-0.2, 0) is 10.0 Å². The van der Waals surface area contributed by atoms with Gasteiger partial charge in [-0.1, -0.05) is 6.07 Å². The molecule has 6 heteroatoms. The second kappa shape index (κ2) is 6.54. The summed E-state index contributed by atoms with van der Waals surface area (Å²) < 4.78 is 39.6. The van der Waals surface area contributed by atoms with E-state index >= 15 is 0 Å². The van der Waals surface area contributed by atoms with E-state index in [0.717, 1.165) is 13.0 Å². The zero-order valence-corrected chi connectivity index (χ0v) is 12.5. The number of rotatable bonds is 8. The molecule has 4 nitrogen and oxygen atoms in total. The Labute approximate surface area is 119 Å². The molecule has 0 heterocycles. The molecule has 2 N–H and O–H groups in total. The van der Waals surface area contributed by atoms with E-state index in [9.17, 15) is 12.8 Å². The minimum atomic E-state index is -3.40. The second-order valence-electron chi connectivity index (χ2n) is 5.27. The summed E-state index contributed by atoms with van der Waals surface area (Å²) in [4.78, 5) is 0. The molecular weight excluding hydrogens is 279 g/mol. The van der Waals surface area contributed by atoms with Crippen molar-refractivity contribution in [2.75, 3.05) is 17.0 Å². The van der Waals surface area contributed by atoms with Crippen molar-refractivity contribution in [3.8, 4) is 0 Å². The van der Waals surface area contributed by atoms with Gasteiger partial charge in [0.1, 0.15) is 5.82 Å². The van der Waals surface area contributed by atoms with Crippen molar-refractivity contribution in [3.63, 3.8) is 0 Å². The lowest BCUT2D eigenvalue weighted by atomic mass is 10.2. The Morgan fingerprint density at radius 3 is 2.75 bits per heavy atom. The molecule has 1 fully saturated rings. The lowest BCUT2D eigenvalue weighted by Crippen LogP contribution is -2.21. The van der Waals surface area contributed by atoms with Gasteiger partial charge in [0.15, 0.2) is 0 Å². The molecule has 20 heavy (non-hydrogen) atoms. The smallest absolute Gasteiger partial charge is 0.232 e. The Morgan fingerprint density at radius 2 is 2.05 bits per heavy atom. The summed E-state index contributed by atoms with van der Waals surface area (Å²) in [5.74, 6) is -0.339. The Bertz CT molecular complexity index is 556. The normalized spacial score (nSPS) is 15.3. The first-order valence-electron chi connectivity index (χ1n) is 6.97. The summed E-state index contributed by atoms with van der Waals surface area (Å²) in [5.41, 5.74) is 0.646. The molecule has 0 spiro atoms. The molecule has 1 aromatic carbocycles. The molecule has 0 aromatic heterocycles. The van der Waals surface area contributed by atoms with E-state index in [1.54, 1.807) is 13.0 Å². The molecule has 0 unspecified atom stereocenters. The quantitative estimate of drug-likeness (QED) is 0.725. The molecule has 0 radical (unpaired) electrons. The van der Waals surface area contributed by atoms with E-state index in [2.05, 4.69) is 10.0 Å². The molecule has 0 aliphatic heterocycles. The summed E-state index contributed by atoms with van der Waals surface area (Å²) in [5, 5.41) is 3.34. The maximum Gasteiger partial charge on any atom is 0.232 e. The van der Waals surface area contributed by atoms with Crippen LogP contribution in [0.5, 0.6) is 0 Å². The fourth-order valence-corrected chi connectivity index (χ4v) is 3.19. The van der Waals surface area contributed by atoms with Gasteiger partial charge in [0, 0.05) is 11.6 Å². The molecular formula is C14H21FN2O2S. The van der Waals surface area contributed by atoms with Gasteiger partial charge in [-0.25, -0.2) is 12.8 Å². The second-order valence-corrected chi connectivity index (χ2v) is 7.11. The number of nitrogens with one attached hydrogen (secondary N) is 2. The highest BCUT2D eigenvalue weighted by Crippen LogP contribution is 2.19. The van der Waals surface area contributed by atoms with Gasteiger partial charge in [0.25, 0.3) is 0 Å². The average molecular weight is 300 g/mol. The van der Waals surface area contributed by atoms with Crippen molar-refractivity contribution in [2.24, 2.45) is 0 Å². The first-order chi connectivity index (χ1) is 9.48. The van der Waals surface area contributed by atoms with Gasteiger partial charge in [-0.05, 0) is 51.3 Å². The predicted octanol–water partition coefficient (Wildman–Crippen LogP) is 2.41. The fourth-order valence-electron chi connectivity index (χ4n) is 1.95. The largest absolute Gasteiger partial charge is 0.314 e. The van der Waals surface area contributed by atoms with E-state index in [-0.39, 0.29) is 5.75 Å². The van der Waals surface area contributed by atoms with Gasteiger partial charge in [-0.3, -0.25) is 4.72 Å². The Kier molecular flexibility index (Phi) is 4.99. The SMILES string of the molecule is Cc1c(F)cccc1NS(=O)(=O)CCCCNC1CC1. The van der Waals surface area contributed by atoms with Crippen LogP contribution in [0.25, 0.3) is 0 Å². The summed E-state index contributed by atoms with van der Waals surface area (Å²) in [7, 11) is -3.40. The zero-order valence-electron chi connectivity index (χ0n) is 11.7. The van der Waals surface area contributed by atoms with Crippen LogP contribution in [0.15, 0.2) is 18.2 Å². The molecule has 1 aromatic rings. The Morgan fingerprint density at radius 1 is 1.30 bits per heavy atom. The van der Waals surface area contributed by atoms with Crippen molar-refractivity contribution >= 4 is 15.7 Å². The number of halogens is 1. The van der Waals surface area contributed by atoms with Gasteiger partial charge in [-0.15, -0.1) is 0 Å². The van der Waals surface area contributed by atoms with E-state index < -0.39 is 15.8 Å². The minimum absolute atomic E-state index is 0.0648. The number of hydrogen-bond acceptors (Lipinski definition) is 3. The summed E-state index contributed by atoms with van der Waals surface area (Å²) >= 11 is 0. The van der Waals surface area contributed by atoms with E-state index in [4.69, 9.17) is 0 Å². The molecule has 1 saturated carbocycles. The first kappa shape index (κ1) is 15.3. The fraction of sp³-hybridized carbons (Fsp3) is 0.571. The molecule has 0 bridgehead atoms. The molecule has 2 rings (SSSR count). The minimum Gasteiger partial charge on any atom is -0.314 e. The van der Waals surface area contributed by atoms with Crippen molar-refractivity contribution < 1.29 is 12.8 Å². The standard InChI is InChI=1S/C14H21FN2O2S/c1-11-13(15)5-4-6-14(11)17-20(18,19)10-3-2-9-16-12-7-8-12/h4-6,12,16-17H,2-3,7-10H2,1H3. The number of hydrogen-bond donors (Lipinski definition) is 2. The lowest BCUT2D eigenvalue weighted by molar-refractivity contribution is 0.590. The average Bonchev–Trinajstić information content (AvgIpc) is 3.18. The van der Waals surface area contributed by atoms with Crippen molar-refractivity contribution in [2.45, 2.75) is 38.6 Å². The van der Waals surface area contributed by atoms with Crippen LogP contribution in [0.4, 0.5) is 10.1 Å². The van der Waals surface area contributed by atoms with E-state index in [0.29, 0.717) is 23.7 Å². The monoisotopic (exact) mass is 300 g/mol. The first-order valence-corrected chi connectivity index (χ1v) is 8.62. The molecule has 0 atom stereocenters. The van der Waals surface area contributed by atoms with Gasteiger partial charge in [0.05, 0.1) is 11.4 Å². The molecule has 1 aliphatic rings. The van der Waals surface area contributed by atoms with Crippen LogP contribution in [0.1, 0.15) is 31.2 Å².